The van der Waals surface area contributed by atoms with Gasteiger partial charge in [0.1, 0.15) is 28.9 Å². The third kappa shape index (κ3) is 6.34. The number of carboxylic acids is 1. The maximum atomic E-state index is 13.3. The Bertz CT molecular complexity index is 1750. The third-order valence-corrected chi connectivity index (χ3v) is 6.34. The molecule has 0 unspecified atom stereocenters. The van der Waals surface area contributed by atoms with Crippen molar-refractivity contribution in [3.8, 4) is 17.6 Å². The van der Waals surface area contributed by atoms with Crippen molar-refractivity contribution in [2.24, 2.45) is 0 Å². The van der Waals surface area contributed by atoms with Gasteiger partial charge in [-0.15, -0.1) is 0 Å². The number of phenols is 1. The first-order valence-corrected chi connectivity index (χ1v) is 12.5. The molecule has 0 spiro atoms. The van der Waals surface area contributed by atoms with Crippen LogP contribution < -0.4 is 5.32 Å². The van der Waals surface area contributed by atoms with E-state index in [4.69, 9.17) is 0 Å². The van der Waals surface area contributed by atoms with Crippen LogP contribution in [0.5, 0.6) is 5.75 Å². The number of imidazole rings is 1. The van der Waals surface area contributed by atoms with Gasteiger partial charge in [0, 0.05) is 29.9 Å². The van der Waals surface area contributed by atoms with Crippen molar-refractivity contribution >= 4 is 17.5 Å². The Balaban J connectivity index is 1.33. The molecule has 5 rings (SSSR count). The number of hydrogen-bond acceptors (Lipinski definition) is 4. The molecule has 8 heteroatoms. The van der Waals surface area contributed by atoms with E-state index in [1.165, 1.54) is 24.4 Å². The molecule has 0 fully saturated rings. The highest BCUT2D eigenvalue weighted by molar-refractivity contribution is 5.95. The standard InChI is InChI=1S/C32H24FN3O4/c33-26-11-8-22(9-12-26)16-25-18-27(37)13-10-24(25)19-28(32(39)40)35-31(38)29-20-36-15-14-23(17-30(36)34-29)7-6-21-4-2-1-3-5-21/h1-5,8-15,17-18,20,28,37H,16,19H2,(H,35,38)(H,39,40)/t28-/m0/s1. The van der Waals surface area contributed by atoms with Crippen LogP contribution in [0.3, 0.4) is 0 Å². The topological polar surface area (TPSA) is 104 Å². The van der Waals surface area contributed by atoms with E-state index < -0.39 is 17.9 Å². The van der Waals surface area contributed by atoms with Crippen molar-refractivity contribution in [2.45, 2.75) is 18.9 Å². The predicted octanol–water partition coefficient (Wildman–Crippen LogP) is 4.60. The summed E-state index contributed by atoms with van der Waals surface area (Å²) in [6.45, 7) is 0. The van der Waals surface area contributed by atoms with Gasteiger partial charge >= 0.3 is 5.97 Å². The fraction of sp³-hybridized carbons (Fsp3) is 0.0938. The minimum Gasteiger partial charge on any atom is -0.508 e. The Morgan fingerprint density at radius 2 is 1.68 bits per heavy atom. The Morgan fingerprint density at radius 1 is 0.925 bits per heavy atom. The number of rotatable bonds is 7. The van der Waals surface area contributed by atoms with Crippen LogP contribution >= 0.6 is 0 Å². The number of aliphatic carboxylic acids is 1. The van der Waals surface area contributed by atoms with E-state index in [9.17, 15) is 24.2 Å². The average molecular weight is 534 g/mol. The fourth-order valence-electron chi connectivity index (χ4n) is 4.29. The van der Waals surface area contributed by atoms with E-state index in [0.717, 1.165) is 16.7 Å². The normalized spacial score (nSPS) is 11.4. The Morgan fingerprint density at radius 3 is 2.42 bits per heavy atom. The maximum Gasteiger partial charge on any atom is 0.326 e. The second-order valence-corrected chi connectivity index (χ2v) is 9.25. The smallest absolute Gasteiger partial charge is 0.326 e. The molecule has 2 aromatic heterocycles. The quantitative estimate of drug-likeness (QED) is 0.266. The molecular formula is C32H24FN3O4. The molecule has 198 valence electrons. The molecule has 0 aliphatic rings. The van der Waals surface area contributed by atoms with Gasteiger partial charge in [-0.2, -0.15) is 0 Å². The third-order valence-electron chi connectivity index (χ3n) is 6.34. The Labute approximate surface area is 229 Å². The number of nitrogens with zero attached hydrogens (tertiary/aromatic N) is 2. The summed E-state index contributed by atoms with van der Waals surface area (Å²) in [6, 6.07) is 22.4. The first-order valence-electron chi connectivity index (χ1n) is 12.5. The van der Waals surface area contributed by atoms with E-state index in [-0.39, 0.29) is 23.7 Å². The van der Waals surface area contributed by atoms with Crippen LogP contribution in [0.25, 0.3) is 5.65 Å². The average Bonchev–Trinajstić information content (AvgIpc) is 3.38. The van der Waals surface area contributed by atoms with Gasteiger partial charge < -0.3 is 19.9 Å². The molecule has 1 atom stereocenters. The van der Waals surface area contributed by atoms with E-state index in [1.807, 2.05) is 30.3 Å². The highest BCUT2D eigenvalue weighted by Crippen LogP contribution is 2.22. The van der Waals surface area contributed by atoms with Crippen molar-refractivity contribution in [1.82, 2.24) is 14.7 Å². The largest absolute Gasteiger partial charge is 0.508 e. The zero-order chi connectivity index (χ0) is 28.1. The monoisotopic (exact) mass is 533 g/mol. The van der Waals surface area contributed by atoms with E-state index in [2.05, 4.69) is 22.1 Å². The molecule has 0 saturated carbocycles. The molecule has 0 aliphatic carbocycles. The van der Waals surface area contributed by atoms with Gasteiger partial charge in [-0.1, -0.05) is 48.2 Å². The zero-order valence-corrected chi connectivity index (χ0v) is 21.2. The Hall–Kier alpha value is -5.42. The summed E-state index contributed by atoms with van der Waals surface area (Å²) in [6.07, 6.45) is 3.59. The molecule has 0 aliphatic heterocycles. The lowest BCUT2D eigenvalue weighted by atomic mass is 9.95. The first kappa shape index (κ1) is 26.2. The number of phenolic OH excluding ortho intramolecular Hbond substituents is 1. The summed E-state index contributed by atoms with van der Waals surface area (Å²) in [7, 11) is 0. The maximum absolute atomic E-state index is 13.3. The summed E-state index contributed by atoms with van der Waals surface area (Å²) >= 11 is 0. The summed E-state index contributed by atoms with van der Waals surface area (Å²) < 4.78 is 15.0. The number of hydrogen-bond donors (Lipinski definition) is 3. The fourth-order valence-corrected chi connectivity index (χ4v) is 4.29. The lowest BCUT2D eigenvalue weighted by molar-refractivity contribution is -0.139. The van der Waals surface area contributed by atoms with Crippen LogP contribution in [0.15, 0.2) is 97.3 Å². The number of aromatic hydroxyl groups is 1. The highest BCUT2D eigenvalue weighted by atomic mass is 19.1. The first-order chi connectivity index (χ1) is 19.3. The van der Waals surface area contributed by atoms with Gasteiger partial charge in [-0.3, -0.25) is 4.79 Å². The molecule has 0 saturated heterocycles. The van der Waals surface area contributed by atoms with Crippen molar-refractivity contribution in [2.75, 3.05) is 0 Å². The number of halogens is 1. The van der Waals surface area contributed by atoms with Crippen molar-refractivity contribution in [3.63, 3.8) is 0 Å². The lowest BCUT2D eigenvalue weighted by Crippen LogP contribution is -2.42. The molecule has 7 nitrogen and oxygen atoms in total. The van der Waals surface area contributed by atoms with Crippen molar-refractivity contribution in [3.05, 3.63) is 137 Å². The van der Waals surface area contributed by atoms with E-state index in [1.54, 1.807) is 47.0 Å². The molecule has 3 aromatic carbocycles. The van der Waals surface area contributed by atoms with E-state index >= 15 is 0 Å². The van der Waals surface area contributed by atoms with Crippen LogP contribution in [-0.4, -0.2) is 37.5 Å². The minimum absolute atomic E-state index is 0.0225. The highest BCUT2D eigenvalue weighted by Gasteiger charge is 2.24. The van der Waals surface area contributed by atoms with Gasteiger partial charge in [-0.25, -0.2) is 14.2 Å². The number of benzene rings is 3. The second-order valence-electron chi connectivity index (χ2n) is 9.25. The molecule has 5 aromatic rings. The summed E-state index contributed by atoms with van der Waals surface area (Å²) in [5.74, 6) is 3.97. The molecule has 1 amide bonds. The van der Waals surface area contributed by atoms with Crippen LogP contribution in [0.1, 0.15) is 38.3 Å². The van der Waals surface area contributed by atoms with Crippen LogP contribution in [0.2, 0.25) is 0 Å². The van der Waals surface area contributed by atoms with Crippen LogP contribution in [-0.2, 0) is 17.6 Å². The number of aromatic nitrogens is 2. The number of carboxylic acid groups (broad SMARTS) is 1. The van der Waals surface area contributed by atoms with Crippen molar-refractivity contribution in [1.29, 1.82) is 0 Å². The number of pyridine rings is 1. The number of amides is 1. The van der Waals surface area contributed by atoms with Crippen LogP contribution in [0, 0.1) is 17.7 Å². The molecule has 40 heavy (non-hydrogen) atoms. The number of nitrogens with one attached hydrogen (secondary N) is 1. The number of carbonyl (C=O) groups excluding carboxylic acids is 1. The van der Waals surface area contributed by atoms with Crippen molar-refractivity contribution < 1.29 is 24.2 Å². The lowest BCUT2D eigenvalue weighted by Gasteiger charge is -2.17. The van der Waals surface area contributed by atoms with Gasteiger partial charge in [0.15, 0.2) is 0 Å². The molecular weight excluding hydrogens is 509 g/mol. The summed E-state index contributed by atoms with van der Waals surface area (Å²) in [5.41, 5.74) is 4.25. The van der Waals surface area contributed by atoms with Gasteiger partial charge in [0.25, 0.3) is 5.91 Å². The molecule has 3 N–H and O–H groups in total. The van der Waals surface area contributed by atoms with Gasteiger partial charge in [-0.05, 0) is 71.6 Å². The predicted molar refractivity (Wildman–Crippen MR) is 148 cm³/mol. The zero-order valence-electron chi connectivity index (χ0n) is 21.2. The second kappa shape index (κ2) is 11.5. The molecule has 2 heterocycles. The SMILES string of the molecule is O=C(N[C@@H](Cc1ccc(O)cc1Cc1ccc(F)cc1)C(=O)O)c1cn2ccc(C#Cc3ccccc3)cc2n1. The number of carbonyl (C=O) groups is 2. The Kier molecular flexibility index (Phi) is 7.56. The summed E-state index contributed by atoms with van der Waals surface area (Å²) in [4.78, 5) is 29.5. The molecule has 0 radical (unpaired) electrons. The van der Waals surface area contributed by atoms with Gasteiger partial charge in [0.2, 0.25) is 0 Å². The number of fused-ring (bicyclic) bond motifs is 1. The van der Waals surface area contributed by atoms with E-state index in [0.29, 0.717) is 23.2 Å². The molecule has 0 bridgehead atoms. The van der Waals surface area contributed by atoms with Crippen LogP contribution in [0.4, 0.5) is 4.39 Å². The summed E-state index contributed by atoms with van der Waals surface area (Å²) in [5, 5.41) is 22.5. The van der Waals surface area contributed by atoms with Gasteiger partial charge in [0.05, 0.1) is 0 Å². The minimum atomic E-state index is -1.25.